The molecule has 0 unspecified atom stereocenters. The van der Waals surface area contributed by atoms with E-state index in [1.807, 2.05) is 12.1 Å². The minimum absolute atomic E-state index is 0.126. The van der Waals surface area contributed by atoms with Crippen LogP contribution in [0.3, 0.4) is 0 Å². The second-order valence-electron chi connectivity index (χ2n) is 12.4. The van der Waals surface area contributed by atoms with Gasteiger partial charge in [0, 0.05) is 19.5 Å². The van der Waals surface area contributed by atoms with Crippen LogP contribution in [0.25, 0.3) is 11.1 Å². The Labute approximate surface area is 282 Å². The second kappa shape index (κ2) is 17.6. The van der Waals surface area contributed by atoms with Gasteiger partial charge >= 0.3 is 6.18 Å². The number of hydrogen-bond acceptors (Lipinski definition) is 6. The average Bonchev–Trinajstić information content (AvgIpc) is 3.13. The third-order valence-corrected chi connectivity index (χ3v) is 12.2. The summed E-state index contributed by atoms with van der Waals surface area (Å²) < 4.78 is 133. The zero-order valence-corrected chi connectivity index (χ0v) is 29.6. The van der Waals surface area contributed by atoms with Gasteiger partial charge in [0.05, 0.1) is 17.8 Å². The largest absolute Gasteiger partial charge is 0.389 e. The van der Waals surface area contributed by atoms with E-state index in [1.54, 1.807) is 18.2 Å². The van der Waals surface area contributed by atoms with Crippen LogP contribution in [0.15, 0.2) is 42.5 Å². The van der Waals surface area contributed by atoms with E-state index in [9.17, 15) is 47.4 Å². The molecule has 270 valence electrons. The van der Waals surface area contributed by atoms with E-state index in [4.69, 9.17) is 0 Å². The van der Waals surface area contributed by atoms with E-state index in [1.165, 1.54) is 16.4 Å². The molecule has 0 heterocycles. The van der Waals surface area contributed by atoms with Crippen molar-refractivity contribution in [2.45, 2.75) is 89.0 Å². The first-order valence-electron chi connectivity index (χ1n) is 16.1. The highest BCUT2D eigenvalue weighted by Crippen LogP contribution is 2.39. The maximum absolute atomic E-state index is 13.7. The van der Waals surface area contributed by atoms with Gasteiger partial charge in [-0.25, -0.2) is 25.5 Å². The van der Waals surface area contributed by atoms with Crippen molar-refractivity contribution in [2.75, 3.05) is 30.9 Å². The average molecular weight is 740 g/mol. The van der Waals surface area contributed by atoms with Crippen LogP contribution in [0.5, 0.6) is 0 Å². The van der Waals surface area contributed by atoms with Crippen LogP contribution in [0.1, 0.15) is 92.9 Å². The van der Waals surface area contributed by atoms with Gasteiger partial charge in [-0.2, -0.15) is 21.6 Å². The minimum Gasteiger partial charge on any atom is -0.285 e. The van der Waals surface area contributed by atoms with Crippen LogP contribution in [-0.2, 0) is 42.2 Å². The first kappa shape index (κ1) is 40.1. The maximum Gasteiger partial charge on any atom is 0.389 e. The third-order valence-electron chi connectivity index (χ3n) is 8.36. The van der Waals surface area contributed by atoms with Crippen LogP contribution in [0.2, 0.25) is 0 Å². The molecule has 0 saturated heterocycles. The summed E-state index contributed by atoms with van der Waals surface area (Å²) in [5, 5.41) is 0. The molecule has 8 nitrogen and oxygen atoms in total. The van der Waals surface area contributed by atoms with E-state index in [2.05, 4.69) is 0 Å². The molecule has 0 fully saturated rings. The molecule has 0 spiro atoms. The lowest BCUT2D eigenvalue weighted by molar-refractivity contribution is -0.134. The van der Waals surface area contributed by atoms with Gasteiger partial charge in [0.1, 0.15) is 21.4 Å². The van der Waals surface area contributed by atoms with Gasteiger partial charge in [0.15, 0.2) is 0 Å². The van der Waals surface area contributed by atoms with Gasteiger partial charge in [0.25, 0.3) is 10.1 Å². The number of halogens is 4. The third kappa shape index (κ3) is 14.3. The van der Waals surface area contributed by atoms with E-state index in [-0.39, 0.29) is 37.5 Å². The van der Waals surface area contributed by atoms with Gasteiger partial charge in [0.2, 0.25) is 10.0 Å². The molecule has 0 aliphatic heterocycles. The molecule has 1 aliphatic rings. The number of alkyl halides is 3. The molecular formula is C33H45F4NO7S3. The Morgan fingerprint density at radius 1 is 0.792 bits per heavy atom. The lowest BCUT2D eigenvalue weighted by atomic mass is 9.88. The second-order valence-corrected chi connectivity index (χ2v) is 18.2. The summed E-state index contributed by atoms with van der Waals surface area (Å²) in [6.07, 6.45) is 1.35. The Morgan fingerprint density at radius 3 is 2.04 bits per heavy atom. The van der Waals surface area contributed by atoms with Crippen molar-refractivity contribution in [1.29, 1.82) is 0 Å². The molecule has 0 aromatic heterocycles. The predicted octanol–water partition coefficient (Wildman–Crippen LogP) is 7.21. The number of rotatable bonds is 19. The normalized spacial score (nSPS) is 14.7. The first-order valence-corrected chi connectivity index (χ1v) is 21.4. The van der Waals surface area contributed by atoms with Crippen LogP contribution < -0.4 is 0 Å². The van der Waals surface area contributed by atoms with Crippen LogP contribution in [0, 0.1) is 5.82 Å². The summed E-state index contributed by atoms with van der Waals surface area (Å²) in [4.78, 5) is 0. The van der Waals surface area contributed by atoms with Crippen molar-refractivity contribution in [3.63, 3.8) is 0 Å². The van der Waals surface area contributed by atoms with Crippen molar-refractivity contribution in [2.24, 2.45) is 0 Å². The Morgan fingerprint density at radius 2 is 1.42 bits per heavy atom. The standard InChI is InChI=1S/C33H45F4NO7S3/c1-46(39,40)38(21-6-7-22-47(41,42)23-9-19-33(35,36)37)20-5-3-2-4-11-32-30(27-14-16-29(34)17-15-27)12-8-10-28-24-26(13-18-31(28)32)25-48(43,44)45/h13-18,24H,2-12,19-23,25H2,1H3,(H,43,44,45). The molecule has 1 aliphatic carbocycles. The minimum atomic E-state index is -4.41. The number of allylic oxidation sites excluding steroid dienone is 2. The number of aryl methyl sites for hydroxylation is 1. The van der Waals surface area contributed by atoms with Gasteiger partial charge in [-0.15, -0.1) is 0 Å². The molecule has 3 rings (SSSR count). The van der Waals surface area contributed by atoms with Gasteiger partial charge in [-0.05, 0) is 103 Å². The molecule has 15 heteroatoms. The number of fused-ring (bicyclic) bond motifs is 1. The summed E-state index contributed by atoms with van der Waals surface area (Å²) in [7, 11) is -11.4. The molecule has 1 N–H and O–H groups in total. The van der Waals surface area contributed by atoms with E-state index in [0.717, 1.165) is 66.2 Å². The Balaban J connectivity index is 1.58. The quantitative estimate of drug-likeness (QED) is 0.0917. The lowest BCUT2D eigenvalue weighted by Crippen LogP contribution is -2.32. The van der Waals surface area contributed by atoms with Crippen molar-refractivity contribution in [3.8, 4) is 0 Å². The Bertz CT molecular complexity index is 1720. The fourth-order valence-corrected chi connectivity index (χ4v) is 9.02. The maximum atomic E-state index is 13.7. The Kier molecular flexibility index (Phi) is 14.7. The van der Waals surface area contributed by atoms with Gasteiger partial charge in [-0.3, -0.25) is 4.55 Å². The molecule has 48 heavy (non-hydrogen) atoms. The van der Waals surface area contributed by atoms with Gasteiger partial charge in [-0.1, -0.05) is 43.2 Å². The zero-order chi connectivity index (χ0) is 35.6. The monoisotopic (exact) mass is 739 g/mol. The van der Waals surface area contributed by atoms with E-state index in [0.29, 0.717) is 24.8 Å². The van der Waals surface area contributed by atoms with E-state index < -0.39 is 60.5 Å². The number of benzene rings is 2. The number of sulfonamides is 1. The highest BCUT2D eigenvalue weighted by Gasteiger charge is 2.27. The molecule has 0 saturated carbocycles. The fraction of sp³-hybridized carbons (Fsp3) is 0.576. The number of sulfone groups is 1. The van der Waals surface area contributed by atoms with Crippen LogP contribution in [0.4, 0.5) is 17.6 Å². The topological polar surface area (TPSA) is 126 Å². The Hall–Kier alpha value is -2.33. The van der Waals surface area contributed by atoms with Crippen molar-refractivity contribution in [3.05, 3.63) is 70.5 Å². The number of hydrogen-bond donors (Lipinski definition) is 1. The molecular weight excluding hydrogens is 695 g/mol. The molecule has 2 aromatic carbocycles. The summed E-state index contributed by atoms with van der Waals surface area (Å²) >= 11 is 0. The SMILES string of the molecule is CS(=O)(=O)N(CCCCCCC1=C(c2ccc(F)cc2)CCCc2cc(CS(=O)(=O)O)ccc21)CCCCS(=O)(=O)CCCC(F)(F)F. The van der Waals surface area contributed by atoms with Crippen molar-refractivity contribution < 1.29 is 47.4 Å². The summed E-state index contributed by atoms with van der Waals surface area (Å²) in [6.45, 7) is 0.390. The lowest BCUT2D eigenvalue weighted by Gasteiger charge is -2.20. The predicted molar refractivity (Wildman–Crippen MR) is 181 cm³/mol. The molecule has 0 atom stereocenters. The summed E-state index contributed by atoms with van der Waals surface area (Å²) in [6, 6.07) is 11.8. The van der Waals surface area contributed by atoms with E-state index >= 15 is 0 Å². The summed E-state index contributed by atoms with van der Waals surface area (Å²) in [5.74, 6) is -1.65. The smallest absolute Gasteiger partial charge is 0.285 e. The summed E-state index contributed by atoms with van der Waals surface area (Å²) in [5.41, 5.74) is 5.59. The highest BCUT2D eigenvalue weighted by atomic mass is 32.2. The van der Waals surface area contributed by atoms with Crippen LogP contribution in [-0.4, -0.2) is 71.1 Å². The zero-order valence-electron chi connectivity index (χ0n) is 27.1. The molecule has 0 bridgehead atoms. The fourth-order valence-electron chi connectivity index (χ4n) is 6.06. The van der Waals surface area contributed by atoms with Crippen molar-refractivity contribution >= 4 is 41.1 Å². The van der Waals surface area contributed by atoms with Crippen molar-refractivity contribution in [1.82, 2.24) is 4.31 Å². The molecule has 2 aromatic rings. The highest BCUT2D eigenvalue weighted by molar-refractivity contribution is 7.91. The van der Waals surface area contributed by atoms with Crippen LogP contribution >= 0.6 is 0 Å². The molecule has 0 radical (unpaired) electrons. The number of nitrogens with zero attached hydrogens (tertiary/aromatic N) is 1. The molecule has 0 amide bonds. The first-order chi connectivity index (χ1) is 22.3. The number of unbranched alkanes of at least 4 members (excludes halogenated alkanes) is 4. The van der Waals surface area contributed by atoms with Gasteiger partial charge < -0.3 is 0 Å².